The van der Waals surface area contributed by atoms with Crippen LogP contribution in [0, 0.1) is 0 Å². The van der Waals surface area contributed by atoms with Gasteiger partial charge in [0.25, 0.3) is 5.22 Å². The second kappa shape index (κ2) is 7.56. The van der Waals surface area contributed by atoms with Crippen LogP contribution in [0.3, 0.4) is 0 Å². The average molecular weight is 380 g/mol. The second-order valence-electron chi connectivity index (χ2n) is 5.03. The standard InChI is InChI=1S/C16H11F3N4O2S/c17-16(18,19)11-3-5-12(6-4-11)21-13(24)9-26-15-23-22-14(25-15)10-2-1-7-20-8-10/h1-8H,9H2,(H,21,24). The third-order valence-corrected chi connectivity index (χ3v) is 3.96. The summed E-state index contributed by atoms with van der Waals surface area (Å²) < 4.78 is 42.9. The van der Waals surface area contributed by atoms with E-state index in [1.54, 1.807) is 24.5 Å². The summed E-state index contributed by atoms with van der Waals surface area (Å²) in [4.78, 5) is 15.8. The van der Waals surface area contributed by atoms with Crippen LogP contribution in [0.2, 0.25) is 0 Å². The highest BCUT2D eigenvalue weighted by molar-refractivity contribution is 7.99. The van der Waals surface area contributed by atoms with Gasteiger partial charge in [-0.2, -0.15) is 13.2 Å². The van der Waals surface area contributed by atoms with Gasteiger partial charge in [0.2, 0.25) is 11.8 Å². The molecule has 6 nitrogen and oxygen atoms in total. The first-order chi connectivity index (χ1) is 12.4. The van der Waals surface area contributed by atoms with Gasteiger partial charge in [0.05, 0.1) is 16.9 Å². The van der Waals surface area contributed by atoms with Gasteiger partial charge in [-0.15, -0.1) is 10.2 Å². The summed E-state index contributed by atoms with van der Waals surface area (Å²) in [5.74, 6) is -0.157. The number of benzene rings is 1. The zero-order chi connectivity index (χ0) is 18.6. The number of thioether (sulfide) groups is 1. The summed E-state index contributed by atoms with van der Waals surface area (Å²) in [6.45, 7) is 0. The minimum absolute atomic E-state index is 0.0320. The topological polar surface area (TPSA) is 80.9 Å². The van der Waals surface area contributed by atoms with Gasteiger partial charge in [-0.3, -0.25) is 9.78 Å². The van der Waals surface area contributed by atoms with Gasteiger partial charge in [-0.05, 0) is 36.4 Å². The van der Waals surface area contributed by atoms with Crippen LogP contribution in [0.25, 0.3) is 11.5 Å². The van der Waals surface area contributed by atoms with E-state index in [9.17, 15) is 18.0 Å². The first-order valence-corrected chi connectivity index (χ1v) is 8.24. The van der Waals surface area contributed by atoms with E-state index >= 15 is 0 Å². The normalized spacial score (nSPS) is 11.3. The maximum Gasteiger partial charge on any atom is 0.416 e. The molecule has 0 spiro atoms. The Hall–Kier alpha value is -2.88. The fourth-order valence-electron chi connectivity index (χ4n) is 1.94. The molecule has 10 heteroatoms. The molecule has 0 fully saturated rings. The molecule has 0 saturated carbocycles. The van der Waals surface area contributed by atoms with E-state index in [1.807, 2.05) is 0 Å². The molecule has 3 rings (SSSR count). The summed E-state index contributed by atoms with van der Waals surface area (Å²) >= 11 is 1.02. The van der Waals surface area contributed by atoms with E-state index in [2.05, 4.69) is 20.5 Å². The van der Waals surface area contributed by atoms with Gasteiger partial charge in [0, 0.05) is 18.1 Å². The number of nitrogens with one attached hydrogen (secondary N) is 1. The molecular formula is C16H11F3N4O2S. The molecule has 0 atom stereocenters. The fraction of sp³-hybridized carbons (Fsp3) is 0.125. The largest absolute Gasteiger partial charge is 0.416 e. The van der Waals surface area contributed by atoms with Crippen LogP contribution in [0.5, 0.6) is 0 Å². The molecule has 1 amide bonds. The van der Waals surface area contributed by atoms with Crippen LogP contribution >= 0.6 is 11.8 Å². The highest BCUT2D eigenvalue weighted by Crippen LogP contribution is 2.30. The molecule has 2 aromatic heterocycles. The minimum atomic E-state index is -4.41. The number of hydrogen-bond acceptors (Lipinski definition) is 6. The van der Waals surface area contributed by atoms with E-state index in [0.717, 1.165) is 23.9 Å². The lowest BCUT2D eigenvalue weighted by Gasteiger charge is -2.08. The van der Waals surface area contributed by atoms with Crippen LogP contribution in [-0.4, -0.2) is 26.8 Å². The maximum absolute atomic E-state index is 12.5. The Morgan fingerprint density at radius 3 is 2.58 bits per heavy atom. The van der Waals surface area contributed by atoms with Crippen molar-refractivity contribution in [1.29, 1.82) is 0 Å². The van der Waals surface area contributed by atoms with Crippen molar-refractivity contribution in [2.75, 3.05) is 11.1 Å². The van der Waals surface area contributed by atoms with Gasteiger partial charge in [-0.1, -0.05) is 11.8 Å². The summed E-state index contributed by atoms with van der Waals surface area (Å²) in [6, 6.07) is 7.68. The minimum Gasteiger partial charge on any atom is -0.411 e. The van der Waals surface area contributed by atoms with Crippen molar-refractivity contribution >= 4 is 23.4 Å². The molecule has 134 valence electrons. The van der Waals surface area contributed by atoms with Gasteiger partial charge in [0.1, 0.15) is 0 Å². The first-order valence-electron chi connectivity index (χ1n) is 7.25. The van der Waals surface area contributed by atoms with E-state index in [4.69, 9.17) is 4.42 Å². The van der Waals surface area contributed by atoms with Crippen LogP contribution in [0.15, 0.2) is 58.4 Å². The Morgan fingerprint density at radius 1 is 1.15 bits per heavy atom. The summed E-state index contributed by atoms with van der Waals surface area (Å²) in [7, 11) is 0. The van der Waals surface area contributed by atoms with Crippen molar-refractivity contribution < 1.29 is 22.4 Å². The number of alkyl halides is 3. The summed E-state index contributed by atoms with van der Waals surface area (Å²) in [5.41, 5.74) is 0.143. The number of halogens is 3. The van der Waals surface area contributed by atoms with Crippen LogP contribution in [0.4, 0.5) is 18.9 Å². The number of carbonyl (C=O) groups is 1. The predicted molar refractivity (Wildman–Crippen MR) is 88.3 cm³/mol. The molecule has 0 unspecified atom stereocenters. The van der Waals surface area contributed by atoms with Gasteiger partial charge in [0.15, 0.2) is 0 Å². The van der Waals surface area contributed by atoms with Gasteiger partial charge in [-0.25, -0.2) is 0 Å². The lowest BCUT2D eigenvalue weighted by atomic mass is 10.2. The number of aromatic nitrogens is 3. The van der Waals surface area contributed by atoms with Crippen molar-refractivity contribution in [2.45, 2.75) is 11.4 Å². The lowest BCUT2D eigenvalue weighted by Crippen LogP contribution is -2.14. The number of amides is 1. The van der Waals surface area contributed by atoms with Gasteiger partial charge < -0.3 is 9.73 Å². The smallest absolute Gasteiger partial charge is 0.411 e. The third-order valence-electron chi connectivity index (χ3n) is 3.14. The zero-order valence-electron chi connectivity index (χ0n) is 13.0. The monoisotopic (exact) mass is 380 g/mol. The van der Waals surface area contributed by atoms with E-state index in [-0.39, 0.29) is 22.6 Å². The van der Waals surface area contributed by atoms with Gasteiger partial charge >= 0.3 is 6.18 Å². The first kappa shape index (κ1) is 17.9. The van der Waals surface area contributed by atoms with Crippen LogP contribution < -0.4 is 5.32 Å². The quantitative estimate of drug-likeness (QED) is 0.677. The summed E-state index contributed by atoms with van der Waals surface area (Å²) in [5, 5.41) is 10.4. The molecule has 2 heterocycles. The van der Waals surface area contributed by atoms with Crippen molar-refractivity contribution in [1.82, 2.24) is 15.2 Å². The van der Waals surface area contributed by atoms with Crippen molar-refractivity contribution in [3.63, 3.8) is 0 Å². The Bertz CT molecular complexity index is 883. The fourth-order valence-corrected chi connectivity index (χ4v) is 2.50. The second-order valence-corrected chi connectivity index (χ2v) is 5.95. The Kier molecular flexibility index (Phi) is 5.21. The molecule has 3 aromatic rings. The maximum atomic E-state index is 12.5. The number of pyridine rings is 1. The number of anilines is 1. The molecule has 0 radical (unpaired) electrons. The molecule has 0 aliphatic heterocycles. The molecular weight excluding hydrogens is 369 g/mol. The van der Waals surface area contributed by atoms with E-state index in [1.165, 1.54) is 12.1 Å². The van der Waals surface area contributed by atoms with E-state index in [0.29, 0.717) is 5.56 Å². The van der Waals surface area contributed by atoms with Crippen molar-refractivity contribution in [3.8, 4) is 11.5 Å². The SMILES string of the molecule is O=C(CSc1nnc(-c2cccnc2)o1)Nc1ccc(C(F)(F)F)cc1. The molecule has 26 heavy (non-hydrogen) atoms. The Balaban J connectivity index is 1.54. The molecule has 0 saturated heterocycles. The van der Waals surface area contributed by atoms with Crippen molar-refractivity contribution in [3.05, 3.63) is 54.4 Å². The Labute approximate surface area is 149 Å². The molecule has 1 aromatic carbocycles. The number of hydrogen-bond donors (Lipinski definition) is 1. The lowest BCUT2D eigenvalue weighted by molar-refractivity contribution is -0.137. The molecule has 0 aliphatic rings. The average Bonchev–Trinajstić information content (AvgIpc) is 3.09. The summed E-state index contributed by atoms with van der Waals surface area (Å²) in [6.07, 6.45) is -1.23. The predicted octanol–water partition coefficient (Wildman–Crippen LogP) is 3.88. The Morgan fingerprint density at radius 2 is 1.92 bits per heavy atom. The highest BCUT2D eigenvalue weighted by Gasteiger charge is 2.29. The van der Waals surface area contributed by atoms with Crippen LogP contribution in [-0.2, 0) is 11.0 Å². The molecule has 0 bridgehead atoms. The van der Waals surface area contributed by atoms with Crippen molar-refractivity contribution in [2.24, 2.45) is 0 Å². The number of rotatable bonds is 5. The zero-order valence-corrected chi connectivity index (χ0v) is 13.8. The number of carbonyl (C=O) groups excluding carboxylic acids is 1. The highest BCUT2D eigenvalue weighted by atomic mass is 32.2. The third kappa shape index (κ3) is 4.60. The molecule has 0 aliphatic carbocycles. The molecule has 1 N–H and O–H groups in total. The van der Waals surface area contributed by atoms with E-state index < -0.39 is 17.6 Å². The van der Waals surface area contributed by atoms with Crippen LogP contribution in [0.1, 0.15) is 5.56 Å². The number of nitrogens with zero attached hydrogens (tertiary/aromatic N) is 3.